The molecule has 0 aliphatic carbocycles. The molecule has 0 heterocycles. The molecule has 0 amide bonds. The van der Waals surface area contributed by atoms with Crippen LogP contribution in [0.3, 0.4) is 0 Å². The molecule has 2 nitrogen and oxygen atoms in total. The minimum Gasteiger partial charge on any atom is -0.687 e. The van der Waals surface area contributed by atoms with Gasteiger partial charge in [0.05, 0.1) is 0 Å². The maximum atomic E-state index is 5.89. The summed E-state index contributed by atoms with van der Waals surface area (Å²) in [7, 11) is 1.11. The SMILES string of the molecule is [Co+2].[NH-][SiH3].[NH-][SiH3]. The van der Waals surface area contributed by atoms with Gasteiger partial charge in [0.15, 0.2) is 0 Å². The van der Waals surface area contributed by atoms with Crippen LogP contribution in [0.2, 0.25) is 0 Å². The molecule has 0 unspecified atom stereocenters. The second kappa shape index (κ2) is 97.9. The van der Waals surface area contributed by atoms with Crippen molar-refractivity contribution >= 4 is 20.8 Å². The number of hydrogen-bond acceptors (Lipinski definition) is 0. The molecule has 0 aromatic heterocycles. The van der Waals surface area contributed by atoms with Gasteiger partial charge in [-0.3, -0.25) is 0 Å². The zero-order valence-electron chi connectivity index (χ0n) is 3.33. The van der Waals surface area contributed by atoms with E-state index in [1.807, 2.05) is 0 Å². The van der Waals surface area contributed by atoms with Crippen molar-refractivity contribution in [2.24, 2.45) is 0 Å². The normalized spacial score (nSPS) is 3.60. The third kappa shape index (κ3) is 53.7. The van der Waals surface area contributed by atoms with Crippen LogP contribution < -0.4 is 0 Å². The minimum atomic E-state index is 0. The Kier molecular flexibility index (Phi) is 331. The summed E-state index contributed by atoms with van der Waals surface area (Å²) in [5.41, 5.74) is 0. The van der Waals surface area contributed by atoms with E-state index in [9.17, 15) is 0 Å². The van der Waals surface area contributed by atoms with Gasteiger partial charge >= 0.3 is 16.8 Å². The van der Waals surface area contributed by atoms with Crippen LogP contribution in [0, 0.1) is 0 Å². The van der Waals surface area contributed by atoms with Gasteiger partial charge in [-0.2, -0.15) is 0 Å². The minimum absolute atomic E-state index is 0. The average molecular weight is 151 g/mol. The predicted molar refractivity (Wildman–Crippen MR) is 28.5 cm³/mol. The van der Waals surface area contributed by atoms with E-state index in [1.165, 1.54) is 0 Å². The van der Waals surface area contributed by atoms with Gasteiger partial charge in [-0.15, -0.1) is 20.8 Å². The zero-order valence-corrected chi connectivity index (χ0v) is 8.37. The summed E-state index contributed by atoms with van der Waals surface area (Å²) in [4.78, 5) is 0. The van der Waals surface area contributed by atoms with E-state index < -0.39 is 0 Å². The van der Waals surface area contributed by atoms with E-state index in [-0.39, 0.29) is 16.8 Å². The molecule has 0 saturated carbocycles. The fraction of sp³-hybridized carbons (Fsp3) is 0. The summed E-state index contributed by atoms with van der Waals surface area (Å²) < 4.78 is 0. The van der Waals surface area contributed by atoms with Gasteiger partial charge in [0.1, 0.15) is 0 Å². The zero-order chi connectivity index (χ0) is 4.00. The summed E-state index contributed by atoms with van der Waals surface area (Å²) in [5.74, 6) is 0. The van der Waals surface area contributed by atoms with Crippen molar-refractivity contribution in [1.82, 2.24) is 0 Å². The summed E-state index contributed by atoms with van der Waals surface area (Å²) >= 11 is 0. The fourth-order valence-electron chi connectivity index (χ4n) is 0. The molecule has 5 heavy (non-hydrogen) atoms. The maximum Gasteiger partial charge on any atom is 2.00 e. The topological polar surface area (TPSA) is 47.6 Å². The monoisotopic (exact) mass is 151 g/mol. The molecule has 0 aliphatic rings. The summed E-state index contributed by atoms with van der Waals surface area (Å²) in [6.07, 6.45) is 0. The molecule has 0 spiro atoms. The van der Waals surface area contributed by atoms with Crippen molar-refractivity contribution < 1.29 is 16.8 Å². The van der Waals surface area contributed by atoms with Crippen LogP contribution in [0.1, 0.15) is 0 Å². The molecule has 0 aromatic carbocycles. The molecule has 0 rings (SSSR count). The van der Waals surface area contributed by atoms with Crippen LogP contribution in [0.15, 0.2) is 0 Å². The Morgan fingerprint density at radius 3 is 0.800 bits per heavy atom. The molecule has 0 aromatic rings. The first-order chi connectivity index (χ1) is 2.00. The van der Waals surface area contributed by atoms with Crippen LogP contribution in [0.5, 0.6) is 0 Å². The van der Waals surface area contributed by atoms with Crippen molar-refractivity contribution in [2.75, 3.05) is 0 Å². The Hall–Kier alpha value is 0.860. The summed E-state index contributed by atoms with van der Waals surface area (Å²) in [6.45, 7) is 0. The van der Waals surface area contributed by atoms with Crippen LogP contribution >= 0.6 is 0 Å². The van der Waals surface area contributed by atoms with Gasteiger partial charge < -0.3 is 10.8 Å². The van der Waals surface area contributed by atoms with Gasteiger partial charge in [0.25, 0.3) is 0 Å². The summed E-state index contributed by atoms with van der Waals surface area (Å²) in [5, 5.41) is 11.8. The average Bonchev–Trinajstić information content (AvgIpc) is 1.50. The second-order valence-corrected chi connectivity index (χ2v) is 0. The van der Waals surface area contributed by atoms with Crippen molar-refractivity contribution in [3.8, 4) is 0 Å². The van der Waals surface area contributed by atoms with E-state index in [4.69, 9.17) is 10.8 Å². The number of rotatable bonds is 0. The Morgan fingerprint density at radius 2 is 0.800 bits per heavy atom. The standard InChI is InChI=1S/Co.2H4NSi/c;2*1-2/h;2*1H,2H3/q+2;2*-1. The Labute approximate surface area is 48.9 Å². The smallest absolute Gasteiger partial charge is 0.687 e. The van der Waals surface area contributed by atoms with Gasteiger partial charge in [0, 0.05) is 0 Å². The van der Waals surface area contributed by atoms with E-state index in [0.717, 1.165) is 0 Å². The van der Waals surface area contributed by atoms with Crippen LogP contribution in [-0.2, 0) is 16.8 Å². The van der Waals surface area contributed by atoms with Gasteiger partial charge in [0.2, 0.25) is 0 Å². The molecule has 0 atom stereocenters. The Bertz CT molecular complexity index is 7.61. The third-order valence-electron chi connectivity index (χ3n) is 0. The molecule has 35 valence electrons. The molecule has 0 bridgehead atoms. The molecule has 5 heteroatoms. The molecule has 0 aliphatic heterocycles. The third-order valence-corrected chi connectivity index (χ3v) is 0. The number of nitrogens with one attached hydrogen (secondary N) is 2. The Morgan fingerprint density at radius 1 is 0.800 bits per heavy atom. The van der Waals surface area contributed by atoms with Crippen molar-refractivity contribution in [3.05, 3.63) is 10.8 Å². The van der Waals surface area contributed by atoms with E-state index >= 15 is 0 Å². The first kappa shape index (κ1) is 16.9. The second-order valence-electron chi connectivity index (χ2n) is 0. The van der Waals surface area contributed by atoms with Gasteiger partial charge in [-0.25, -0.2) is 0 Å². The summed E-state index contributed by atoms with van der Waals surface area (Å²) in [6, 6.07) is 0. The number of hydrogen-bond donors (Lipinski definition) is 0. The first-order valence-electron chi connectivity index (χ1n) is 1.00. The molecule has 1 radical (unpaired) electrons. The van der Waals surface area contributed by atoms with E-state index in [1.54, 1.807) is 0 Å². The van der Waals surface area contributed by atoms with Crippen LogP contribution in [-0.4, -0.2) is 20.8 Å². The van der Waals surface area contributed by atoms with Crippen molar-refractivity contribution in [1.29, 1.82) is 0 Å². The molecular weight excluding hydrogens is 143 g/mol. The van der Waals surface area contributed by atoms with Crippen LogP contribution in [0.4, 0.5) is 0 Å². The van der Waals surface area contributed by atoms with Gasteiger partial charge in [-0.1, -0.05) is 0 Å². The molecule has 0 saturated heterocycles. The van der Waals surface area contributed by atoms with E-state index in [2.05, 4.69) is 0 Å². The first-order valence-corrected chi connectivity index (χ1v) is 3.00. The largest absolute Gasteiger partial charge is 2.00 e. The van der Waals surface area contributed by atoms with E-state index in [0.29, 0.717) is 20.8 Å². The predicted octanol–water partition coefficient (Wildman–Crippen LogP) is -1.36. The Balaban J connectivity index is -0.0000000133. The van der Waals surface area contributed by atoms with Gasteiger partial charge in [-0.05, 0) is 0 Å². The molecule has 2 N–H and O–H groups in total. The van der Waals surface area contributed by atoms with Crippen molar-refractivity contribution in [2.45, 2.75) is 0 Å². The van der Waals surface area contributed by atoms with Crippen LogP contribution in [0.25, 0.3) is 10.8 Å². The van der Waals surface area contributed by atoms with Crippen molar-refractivity contribution in [3.63, 3.8) is 0 Å². The molecular formula is H8CoN2Si2. The quantitative estimate of drug-likeness (QED) is 0.384. The molecule has 0 fully saturated rings. The fourth-order valence-corrected chi connectivity index (χ4v) is 0. The maximum absolute atomic E-state index is 5.89.